The maximum atomic E-state index is 11.0. The first-order chi connectivity index (χ1) is 8.08. The van der Waals surface area contributed by atoms with E-state index in [2.05, 4.69) is 0 Å². The van der Waals surface area contributed by atoms with Crippen LogP contribution >= 0.6 is 23.2 Å². The predicted molar refractivity (Wildman–Crippen MR) is 68.9 cm³/mol. The Morgan fingerprint density at radius 3 is 2.35 bits per heavy atom. The van der Waals surface area contributed by atoms with Crippen molar-refractivity contribution in [2.24, 2.45) is 0 Å². The largest absolute Gasteiger partial charge is 0.478 e. The molecule has 0 bridgehead atoms. The maximum Gasteiger partial charge on any atom is 0.337 e. The third-order valence-electron chi connectivity index (χ3n) is 2.35. The monoisotopic (exact) mass is 266 g/mol. The van der Waals surface area contributed by atoms with Crippen LogP contribution in [0.25, 0.3) is 11.1 Å². The fraction of sp³-hybridized carbons (Fsp3) is 0. The Morgan fingerprint density at radius 1 is 1.00 bits per heavy atom. The van der Waals surface area contributed by atoms with E-state index in [0.717, 1.165) is 11.1 Å². The molecule has 4 heteroatoms. The molecule has 0 aliphatic rings. The highest BCUT2D eigenvalue weighted by atomic mass is 35.5. The fourth-order valence-electron chi connectivity index (χ4n) is 1.54. The Bertz CT molecular complexity index is 579. The second-order valence-corrected chi connectivity index (χ2v) is 4.35. The second-order valence-electron chi connectivity index (χ2n) is 3.51. The zero-order valence-electron chi connectivity index (χ0n) is 8.65. The molecule has 0 aliphatic carbocycles. The summed E-state index contributed by atoms with van der Waals surface area (Å²) in [7, 11) is 0. The molecular formula is C13H8Cl2O2. The van der Waals surface area contributed by atoms with Gasteiger partial charge in [-0.15, -0.1) is 0 Å². The highest BCUT2D eigenvalue weighted by Crippen LogP contribution is 2.26. The number of aromatic carboxylic acids is 1. The summed E-state index contributed by atoms with van der Waals surface area (Å²) in [6.45, 7) is 0. The van der Waals surface area contributed by atoms with E-state index in [-0.39, 0.29) is 10.6 Å². The quantitative estimate of drug-likeness (QED) is 0.877. The van der Waals surface area contributed by atoms with Gasteiger partial charge in [-0.2, -0.15) is 0 Å². The van der Waals surface area contributed by atoms with Gasteiger partial charge in [0.1, 0.15) is 0 Å². The Kier molecular flexibility index (Phi) is 3.36. The molecule has 0 atom stereocenters. The van der Waals surface area contributed by atoms with Crippen LogP contribution in [0.3, 0.4) is 0 Å². The third kappa shape index (κ3) is 2.60. The average Bonchev–Trinajstić information content (AvgIpc) is 2.29. The molecule has 0 heterocycles. The van der Waals surface area contributed by atoms with Crippen molar-refractivity contribution in [2.75, 3.05) is 0 Å². The highest BCUT2D eigenvalue weighted by molar-refractivity contribution is 6.33. The van der Waals surface area contributed by atoms with Crippen LogP contribution in [0.4, 0.5) is 0 Å². The average molecular weight is 267 g/mol. The Hall–Kier alpha value is -1.51. The number of carbonyl (C=O) groups is 1. The van der Waals surface area contributed by atoms with Gasteiger partial charge < -0.3 is 5.11 Å². The van der Waals surface area contributed by atoms with Gasteiger partial charge in [0.2, 0.25) is 0 Å². The number of carboxylic acid groups (broad SMARTS) is 1. The van der Waals surface area contributed by atoms with Gasteiger partial charge in [0.25, 0.3) is 0 Å². The first kappa shape index (κ1) is 12.0. The summed E-state index contributed by atoms with van der Waals surface area (Å²) in [5, 5.41) is 9.81. The van der Waals surface area contributed by atoms with Crippen molar-refractivity contribution in [2.45, 2.75) is 0 Å². The van der Waals surface area contributed by atoms with Crippen LogP contribution in [0.1, 0.15) is 10.4 Å². The topological polar surface area (TPSA) is 37.3 Å². The molecule has 2 aromatic rings. The molecule has 17 heavy (non-hydrogen) atoms. The zero-order valence-corrected chi connectivity index (χ0v) is 10.2. The Morgan fingerprint density at radius 2 is 1.71 bits per heavy atom. The van der Waals surface area contributed by atoms with E-state index in [1.54, 1.807) is 24.3 Å². The molecule has 0 saturated carbocycles. The molecule has 1 N–H and O–H groups in total. The summed E-state index contributed by atoms with van der Waals surface area (Å²) in [6, 6.07) is 12.1. The maximum absolute atomic E-state index is 11.0. The van der Waals surface area contributed by atoms with E-state index in [1.807, 2.05) is 12.1 Å². The van der Waals surface area contributed by atoms with Crippen molar-refractivity contribution in [1.29, 1.82) is 0 Å². The van der Waals surface area contributed by atoms with Gasteiger partial charge in [0.15, 0.2) is 0 Å². The zero-order chi connectivity index (χ0) is 12.4. The Balaban J connectivity index is 2.54. The lowest BCUT2D eigenvalue weighted by molar-refractivity contribution is 0.0697. The van der Waals surface area contributed by atoms with Crippen LogP contribution in [-0.2, 0) is 0 Å². The fourth-order valence-corrected chi connectivity index (χ4v) is 1.93. The van der Waals surface area contributed by atoms with Crippen molar-refractivity contribution in [3.8, 4) is 11.1 Å². The molecule has 0 saturated heterocycles. The van der Waals surface area contributed by atoms with E-state index in [4.69, 9.17) is 28.3 Å². The summed E-state index contributed by atoms with van der Waals surface area (Å²) in [4.78, 5) is 11.0. The van der Waals surface area contributed by atoms with Gasteiger partial charge >= 0.3 is 5.97 Å². The lowest BCUT2D eigenvalue weighted by atomic mass is 10.0. The van der Waals surface area contributed by atoms with Crippen LogP contribution in [0, 0.1) is 0 Å². The minimum Gasteiger partial charge on any atom is -0.478 e. The van der Waals surface area contributed by atoms with E-state index in [1.165, 1.54) is 6.07 Å². The summed E-state index contributed by atoms with van der Waals surface area (Å²) in [5.41, 5.74) is 1.72. The van der Waals surface area contributed by atoms with Crippen LogP contribution in [0.2, 0.25) is 10.0 Å². The van der Waals surface area contributed by atoms with Crippen LogP contribution in [0.5, 0.6) is 0 Å². The van der Waals surface area contributed by atoms with Gasteiger partial charge in [-0.1, -0.05) is 41.4 Å². The lowest BCUT2D eigenvalue weighted by Crippen LogP contribution is -1.97. The van der Waals surface area contributed by atoms with Crippen LogP contribution in [-0.4, -0.2) is 11.1 Å². The van der Waals surface area contributed by atoms with Gasteiger partial charge in [0.05, 0.1) is 10.6 Å². The first-order valence-electron chi connectivity index (χ1n) is 4.87. The van der Waals surface area contributed by atoms with Gasteiger partial charge in [-0.3, -0.25) is 0 Å². The van der Waals surface area contributed by atoms with Crippen molar-refractivity contribution in [3.63, 3.8) is 0 Å². The molecule has 0 amide bonds. The van der Waals surface area contributed by atoms with Crippen molar-refractivity contribution in [3.05, 3.63) is 58.1 Å². The van der Waals surface area contributed by atoms with Gasteiger partial charge in [0, 0.05) is 5.02 Å². The SMILES string of the molecule is O=C(O)c1cc(-c2cccc(Cl)c2)ccc1Cl. The summed E-state index contributed by atoms with van der Waals surface area (Å²) in [5.74, 6) is -1.04. The lowest BCUT2D eigenvalue weighted by Gasteiger charge is -2.05. The summed E-state index contributed by atoms with van der Waals surface area (Å²) < 4.78 is 0. The van der Waals surface area contributed by atoms with E-state index in [9.17, 15) is 4.79 Å². The number of rotatable bonds is 2. The molecule has 0 unspecified atom stereocenters. The minimum absolute atomic E-state index is 0.0872. The number of benzene rings is 2. The summed E-state index contributed by atoms with van der Waals surface area (Å²) >= 11 is 11.7. The van der Waals surface area contributed by atoms with Crippen molar-refractivity contribution >= 4 is 29.2 Å². The number of hydrogen-bond acceptors (Lipinski definition) is 1. The third-order valence-corrected chi connectivity index (χ3v) is 2.92. The molecule has 0 spiro atoms. The number of carboxylic acids is 1. The van der Waals surface area contributed by atoms with E-state index in [0.29, 0.717) is 5.02 Å². The predicted octanol–water partition coefficient (Wildman–Crippen LogP) is 4.36. The van der Waals surface area contributed by atoms with Crippen LogP contribution < -0.4 is 0 Å². The molecule has 2 aromatic carbocycles. The molecule has 0 aromatic heterocycles. The van der Waals surface area contributed by atoms with Gasteiger partial charge in [-0.25, -0.2) is 4.79 Å². The van der Waals surface area contributed by atoms with Gasteiger partial charge in [-0.05, 0) is 35.4 Å². The first-order valence-corrected chi connectivity index (χ1v) is 5.62. The molecule has 0 aliphatic heterocycles. The second kappa shape index (κ2) is 4.78. The standard InChI is InChI=1S/C13H8Cl2O2/c14-10-3-1-2-8(6-10)9-4-5-12(15)11(7-9)13(16)17/h1-7H,(H,16,17). The van der Waals surface area contributed by atoms with E-state index >= 15 is 0 Å². The van der Waals surface area contributed by atoms with Crippen molar-refractivity contribution in [1.82, 2.24) is 0 Å². The Labute approximate surface area is 108 Å². The number of halogens is 2. The molecular weight excluding hydrogens is 259 g/mol. The molecule has 2 nitrogen and oxygen atoms in total. The highest BCUT2D eigenvalue weighted by Gasteiger charge is 2.10. The molecule has 0 radical (unpaired) electrons. The smallest absolute Gasteiger partial charge is 0.337 e. The molecule has 0 fully saturated rings. The van der Waals surface area contributed by atoms with Crippen LogP contribution in [0.15, 0.2) is 42.5 Å². The number of hydrogen-bond donors (Lipinski definition) is 1. The van der Waals surface area contributed by atoms with E-state index < -0.39 is 5.97 Å². The normalized spacial score (nSPS) is 10.2. The minimum atomic E-state index is -1.04. The summed E-state index contributed by atoms with van der Waals surface area (Å²) in [6.07, 6.45) is 0. The molecule has 2 rings (SSSR count). The van der Waals surface area contributed by atoms with Crippen molar-refractivity contribution < 1.29 is 9.90 Å². The molecule has 86 valence electrons.